The quantitative estimate of drug-likeness (QED) is 0.666. The SMILES string of the molecule is CCCCCCOc1cccc(CNC2CC2)c1Br.O=C=O. The van der Waals surface area contributed by atoms with Gasteiger partial charge >= 0.3 is 6.15 Å². The Morgan fingerprint density at radius 2 is 2.00 bits per heavy atom. The molecule has 1 saturated carbocycles. The Kier molecular flexibility index (Phi) is 9.80. The maximum Gasteiger partial charge on any atom is 0.373 e. The Hall–Kier alpha value is -1.16. The average molecular weight is 370 g/mol. The Bertz CT molecular complexity index is 469. The number of benzene rings is 1. The Morgan fingerprint density at radius 1 is 1.27 bits per heavy atom. The average Bonchev–Trinajstić information content (AvgIpc) is 3.32. The summed E-state index contributed by atoms with van der Waals surface area (Å²) in [4.78, 5) is 16.2. The van der Waals surface area contributed by atoms with Crippen molar-refractivity contribution in [3.8, 4) is 5.75 Å². The fraction of sp³-hybridized carbons (Fsp3) is 0.588. The first kappa shape index (κ1) is 18.9. The van der Waals surface area contributed by atoms with Crippen LogP contribution in [0.4, 0.5) is 0 Å². The number of unbranched alkanes of at least 4 members (excludes halogenated alkanes) is 3. The molecule has 0 heterocycles. The van der Waals surface area contributed by atoms with E-state index >= 15 is 0 Å². The molecule has 0 amide bonds. The predicted molar refractivity (Wildman–Crippen MR) is 88.6 cm³/mol. The highest BCUT2D eigenvalue weighted by molar-refractivity contribution is 9.10. The summed E-state index contributed by atoms with van der Waals surface area (Å²) in [7, 11) is 0. The zero-order valence-corrected chi connectivity index (χ0v) is 14.7. The van der Waals surface area contributed by atoms with Crippen LogP contribution in [0.3, 0.4) is 0 Å². The number of hydrogen-bond acceptors (Lipinski definition) is 4. The van der Waals surface area contributed by atoms with Crippen LogP contribution in [0.5, 0.6) is 5.75 Å². The number of hydrogen-bond donors (Lipinski definition) is 1. The van der Waals surface area contributed by atoms with E-state index in [-0.39, 0.29) is 6.15 Å². The van der Waals surface area contributed by atoms with Gasteiger partial charge in [-0.3, -0.25) is 0 Å². The second-order valence-corrected chi connectivity index (χ2v) is 6.17. The van der Waals surface area contributed by atoms with Gasteiger partial charge in [-0.1, -0.05) is 38.3 Å². The normalized spacial score (nSPS) is 13.0. The molecule has 1 aliphatic rings. The lowest BCUT2D eigenvalue weighted by Gasteiger charge is -2.12. The third kappa shape index (κ3) is 7.74. The van der Waals surface area contributed by atoms with Gasteiger partial charge in [0.1, 0.15) is 5.75 Å². The maximum atomic E-state index is 8.12. The van der Waals surface area contributed by atoms with E-state index in [0.717, 1.165) is 35.8 Å². The van der Waals surface area contributed by atoms with Crippen LogP contribution in [0.25, 0.3) is 0 Å². The minimum absolute atomic E-state index is 0.250. The fourth-order valence-corrected chi connectivity index (χ4v) is 2.58. The molecule has 0 saturated heterocycles. The van der Waals surface area contributed by atoms with Crippen LogP contribution in [0.1, 0.15) is 51.0 Å². The summed E-state index contributed by atoms with van der Waals surface area (Å²) in [6.07, 6.45) is 7.88. The highest BCUT2D eigenvalue weighted by Gasteiger charge is 2.20. The molecule has 1 aliphatic carbocycles. The Morgan fingerprint density at radius 3 is 2.64 bits per heavy atom. The summed E-state index contributed by atoms with van der Waals surface area (Å²) in [5, 5.41) is 3.54. The van der Waals surface area contributed by atoms with E-state index in [1.54, 1.807) is 0 Å². The van der Waals surface area contributed by atoms with E-state index in [1.165, 1.54) is 37.7 Å². The minimum Gasteiger partial charge on any atom is -0.492 e. The molecule has 0 unspecified atom stereocenters. The van der Waals surface area contributed by atoms with Crippen molar-refractivity contribution in [2.45, 2.75) is 58.0 Å². The van der Waals surface area contributed by atoms with Crippen molar-refractivity contribution in [2.75, 3.05) is 6.61 Å². The smallest absolute Gasteiger partial charge is 0.373 e. The molecule has 1 aromatic carbocycles. The molecule has 0 bridgehead atoms. The van der Waals surface area contributed by atoms with Crippen molar-refractivity contribution in [1.29, 1.82) is 0 Å². The molecule has 0 atom stereocenters. The van der Waals surface area contributed by atoms with Gasteiger partial charge in [0.15, 0.2) is 0 Å². The van der Waals surface area contributed by atoms with Crippen LogP contribution in [0.15, 0.2) is 22.7 Å². The largest absolute Gasteiger partial charge is 0.492 e. The van der Waals surface area contributed by atoms with Crippen molar-refractivity contribution in [2.24, 2.45) is 0 Å². The van der Waals surface area contributed by atoms with Gasteiger partial charge in [0.2, 0.25) is 0 Å². The van der Waals surface area contributed by atoms with Gasteiger partial charge in [-0.15, -0.1) is 0 Å². The van der Waals surface area contributed by atoms with Gasteiger partial charge in [0.05, 0.1) is 11.1 Å². The molecule has 0 spiro atoms. The third-order valence-electron chi connectivity index (χ3n) is 3.46. The Labute approximate surface area is 140 Å². The van der Waals surface area contributed by atoms with Gasteiger partial charge < -0.3 is 10.1 Å². The van der Waals surface area contributed by atoms with Gasteiger partial charge in [-0.05, 0) is 46.8 Å². The van der Waals surface area contributed by atoms with E-state index in [4.69, 9.17) is 14.3 Å². The van der Waals surface area contributed by atoms with E-state index in [1.807, 2.05) is 6.07 Å². The molecule has 0 aliphatic heterocycles. The Balaban J connectivity index is 0.000000745. The van der Waals surface area contributed by atoms with Crippen molar-refractivity contribution in [3.63, 3.8) is 0 Å². The molecule has 0 aromatic heterocycles. The second kappa shape index (κ2) is 11.4. The fourth-order valence-electron chi connectivity index (χ4n) is 2.06. The van der Waals surface area contributed by atoms with Crippen LogP contribution in [0, 0.1) is 0 Å². The first-order valence-electron chi connectivity index (χ1n) is 7.85. The van der Waals surface area contributed by atoms with Crippen molar-refractivity contribution >= 4 is 22.1 Å². The summed E-state index contributed by atoms with van der Waals surface area (Å²) >= 11 is 3.67. The van der Waals surface area contributed by atoms with Crippen molar-refractivity contribution in [1.82, 2.24) is 5.32 Å². The van der Waals surface area contributed by atoms with Gasteiger partial charge in [0.25, 0.3) is 0 Å². The minimum atomic E-state index is 0.250. The van der Waals surface area contributed by atoms with E-state index in [9.17, 15) is 0 Å². The number of halogens is 1. The lowest BCUT2D eigenvalue weighted by molar-refractivity contribution is -0.191. The van der Waals surface area contributed by atoms with Gasteiger partial charge in [-0.25, -0.2) is 0 Å². The third-order valence-corrected chi connectivity index (χ3v) is 4.36. The summed E-state index contributed by atoms with van der Waals surface area (Å²) in [6.45, 7) is 3.98. The van der Waals surface area contributed by atoms with Crippen molar-refractivity contribution in [3.05, 3.63) is 28.2 Å². The molecule has 0 radical (unpaired) electrons. The molecular formula is C17H24BrNO3. The van der Waals surface area contributed by atoms with E-state index < -0.39 is 0 Å². The molecule has 122 valence electrons. The molecule has 22 heavy (non-hydrogen) atoms. The molecule has 1 N–H and O–H groups in total. The number of rotatable bonds is 9. The first-order chi connectivity index (χ1) is 10.7. The molecule has 1 aromatic rings. The van der Waals surface area contributed by atoms with E-state index in [2.05, 4.69) is 40.3 Å². The summed E-state index contributed by atoms with van der Waals surface area (Å²) in [5.41, 5.74) is 1.29. The highest BCUT2D eigenvalue weighted by atomic mass is 79.9. The monoisotopic (exact) mass is 369 g/mol. The van der Waals surface area contributed by atoms with E-state index in [0.29, 0.717) is 0 Å². The van der Waals surface area contributed by atoms with Crippen LogP contribution in [-0.4, -0.2) is 18.8 Å². The number of ether oxygens (including phenoxy) is 1. The first-order valence-corrected chi connectivity index (χ1v) is 8.65. The summed E-state index contributed by atoms with van der Waals surface area (Å²) in [5.74, 6) is 0.978. The van der Waals surface area contributed by atoms with Gasteiger partial charge in [0, 0.05) is 12.6 Å². The van der Waals surface area contributed by atoms with Crippen LogP contribution < -0.4 is 10.1 Å². The molecule has 5 heteroatoms. The molecule has 2 rings (SSSR count). The zero-order chi connectivity index (χ0) is 16.2. The molecule has 4 nitrogen and oxygen atoms in total. The topological polar surface area (TPSA) is 55.4 Å². The van der Waals surface area contributed by atoms with Crippen LogP contribution >= 0.6 is 15.9 Å². The number of carbonyl (C=O) groups excluding carboxylic acids is 2. The molecule has 1 fully saturated rings. The lowest BCUT2D eigenvalue weighted by atomic mass is 10.2. The lowest BCUT2D eigenvalue weighted by Crippen LogP contribution is -2.15. The van der Waals surface area contributed by atoms with Crippen LogP contribution in [-0.2, 0) is 16.1 Å². The second-order valence-electron chi connectivity index (χ2n) is 5.38. The summed E-state index contributed by atoms with van der Waals surface area (Å²) in [6, 6.07) is 7.02. The predicted octanol–water partition coefficient (Wildman–Crippen LogP) is 4.08. The standard InChI is InChI=1S/C16H24BrNO.CO2/c1-2-3-4-5-11-19-15-8-6-7-13(16(15)17)12-18-14-9-10-14;2-1-3/h6-8,14,18H,2-5,9-12H2,1H3;. The number of nitrogens with one attached hydrogen (secondary N) is 1. The maximum absolute atomic E-state index is 8.12. The van der Waals surface area contributed by atoms with Crippen LogP contribution in [0.2, 0.25) is 0 Å². The van der Waals surface area contributed by atoms with Gasteiger partial charge in [-0.2, -0.15) is 9.59 Å². The highest BCUT2D eigenvalue weighted by Crippen LogP contribution is 2.29. The zero-order valence-electron chi connectivity index (χ0n) is 13.1. The van der Waals surface area contributed by atoms with Crippen molar-refractivity contribution < 1.29 is 14.3 Å². The molecular weight excluding hydrogens is 346 g/mol. The summed E-state index contributed by atoms with van der Waals surface area (Å²) < 4.78 is 6.98.